The van der Waals surface area contributed by atoms with E-state index in [0.717, 1.165) is 31.2 Å². The van der Waals surface area contributed by atoms with Gasteiger partial charge in [0, 0.05) is 5.02 Å². The Balaban J connectivity index is 0.000000677. The second kappa shape index (κ2) is 9.76. The SMILES string of the molecule is O=C=O.Oc1ccc(CCCCc2ccccc2)c(Cl)c1. The van der Waals surface area contributed by atoms with Crippen LogP contribution in [0.5, 0.6) is 5.75 Å². The van der Waals surface area contributed by atoms with Crippen LogP contribution in [0.3, 0.4) is 0 Å². The van der Waals surface area contributed by atoms with Gasteiger partial charge in [-0.2, -0.15) is 9.59 Å². The van der Waals surface area contributed by atoms with E-state index in [2.05, 4.69) is 24.3 Å². The standard InChI is InChI=1S/C16H17ClO.CO2/c17-16-12-15(18)11-10-14(16)9-5-4-8-13-6-2-1-3-7-13;2-1-3/h1-3,6-7,10-12,18H,4-5,8-9H2;. The normalized spacial score (nSPS) is 9.38. The van der Waals surface area contributed by atoms with Gasteiger partial charge < -0.3 is 5.11 Å². The average molecular weight is 305 g/mol. The molecule has 0 aromatic heterocycles. The summed E-state index contributed by atoms with van der Waals surface area (Å²) in [4.78, 5) is 16.2. The van der Waals surface area contributed by atoms with Gasteiger partial charge in [0.1, 0.15) is 5.75 Å². The van der Waals surface area contributed by atoms with Crippen LogP contribution >= 0.6 is 11.6 Å². The fourth-order valence-corrected chi connectivity index (χ4v) is 2.30. The maximum Gasteiger partial charge on any atom is 0.373 e. The van der Waals surface area contributed by atoms with Gasteiger partial charge in [0.25, 0.3) is 0 Å². The number of rotatable bonds is 5. The molecule has 0 bridgehead atoms. The molecule has 2 aromatic carbocycles. The van der Waals surface area contributed by atoms with E-state index in [4.69, 9.17) is 21.2 Å². The van der Waals surface area contributed by atoms with Crippen LogP contribution in [0.25, 0.3) is 0 Å². The Labute approximate surface area is 129 Å². The number of carbonyl (C=O) groups excluding carboxylic acids is 2. The van der Waals surface area contributed by atoms with Crippen molar-refractivity contribution < 1.29 is 14.7 Å². The zero-order valence-electron chi connectivity index (χ0n) is 11.6. The number of aromatic hydroxyl groups is 1. The summed E-state index contributed by atoms with van der Waals surface area (Å²) in [5, 5.41) is 9.94. The van der Waals surface area contributed by atoms with Crippen LogP contribution in [0.4, 0.5) is 0 Å². The topological polar surface area (TPSA) is 54.4 Å². The van der Waals surface area contributed by atoms with Gasteiger partial charge in [0.2, 0.25) is 0 Å². The van der Waals surface area contributed by atoms with Gasteiger partial charge in [-0.15, -0.1) is 0 Å². The van der Waals surface area contributed by atoms with Crippen molar-refractivity contribution in [3.63, 3.8) is 0 Å². The quantitative estimate of drug-likeness (QED) is 0.849. The first kappa shape index (κ1) is 17.0. The Morgan fingerprint density at radius 1 is 0.952 bits per heavy atom. The Kier molecular flexibility index (Phi) is 7.88. The van der Waals surface area contributed by atoms with Crippen LogP contribution in [0.2, 0.25) is 5.02 Å². The summed E-state index contributed by atoms with van der Waals surface area (Å²) < 4.78 is 0. The third-order valence-electron chi connectivity index (χ3n) is 3.04. The molecule has 0 saturated heterocycles. The Morgan fingerprint density at radius 2 is 1.57 bits per heavy atom. The summed E-state index contributed by atoms with van der Waals surface area (Å²) in [6, 6.07) is 15.7. The molecule has 2 aromatic rings. The van der Waals surface area contributed by atoms with Crippen LogP contribution in [-0.4, -0.2) is 11.3 Å². The molecule has 3 nitrogen and oxygen atoms in total. The smallest absolute Gasteiger partial charge is 0.373 e. The lowest BCUT2D eigenvalue weighted by Crippen LogP contribution is -1.90. The number of aryl methyl sites for hydroxylation is 2. The van der Waals surface area contributed by atoms with Crippen LogP contribution in [0, 0.1) is 0 Å². The first-order valence-corrected chi connectivity index (χ1v) is 7.05. The van der Waals surface area contributed by atoms with Crippen LogP contribution < -0.4 is 0 Å². The minimum absolute atomic E-state index is 0.230. The summed E-state index contributed by atoms with van der Waals surface area (Å²) in [6.07, 6.45) is 4.59. The molecule has 110 valence electrons. The van der Waals surface area contributed by atoms with Crippen molar-refractivity contribution in [2.24, 2.45) is 0 Å². The summed E-state index contributed by atoms with van der Waals surface area (Å²) >= 11 is 6.07. The Hall–Kier alpha value is -2.09. The molecule has 0 heterocycles. The number of halogens is 1. The third-order valence-corrected chi connectivity index (χ3v) is 3.39. The van der Waals surface area contributed by atoms with Crippen molar-refractivity contribution in [3.8, 4) is 5.75 Å². The molecule has 0 radical (unpaired) electrons. The van der Waals surface area contributed by atoms with Crippen molar-refractivity contribution in [2.45, 2.75) is 25.7 Å². The highest BCUT2D eigenvalue weighted by atomic mass is 35.5. The summed E-state index contributed by atoms with van der Waals surface area (Å²) in [5.74, 6) is 0.230. The second-order valence-corrected chi connectivity index (χ2v) is 4.96. The molecule has 0 unspecified atom stereocenters. The molecule has 0 spiro atoms. The highest BCUT2D eigenvalue weighted by Gasteiger charge is 2.01. The van der Waals surface area contributed by atoms with Gasteiger partial charge in [-0.25, -0.2) is 0 Å². The molecule has 0 atom stereocenters. The zero-order chi connectivity index (χ0) is 15.5. The molecule has 0 aliphatic carbocycles. The van der Waals surface area contributed by atoms with E-state index in [1.54, 1.807) is 12.1 Å². The number of phenolic OH excluding ortho intramolecular Hbond substituents is 1. The fourth-order valence-electron chi connectivity index (χ4n) is 2.03. The second-order valence-electron chi connectivity index (χ2n) is 4.55. The van der Waals surface area contributed by atoms with E-state index in [-0.39, 0.29) is 11.9 Å². The third kappa shape index (κ3) is 6.75. The van der Waals surface area contributed by atoms with Gasteiger partial charge in [0.15, 0.2) is 0 Å². The number of phenols is 1. The molecular formula is C17H17ClO3. The number of benzene rings is 2. The van der Waals surface area contributed by atoms with E-state index in [9.17, 15) is 5.11 Å². The van der Waals surface area contributed by atoms with Gasteiger partial charge >= 0.3 is 6.15 Å². The number of hydrogen-bond donors (Lipinski definition) is 1. The maximum absolute atomic E-state index is 9.27. The van der Waals surface area contributed by atoms with Crippen molar-refractivity contribution in [1.82, 2.24) is 0 Å². The Morgan fingerprint density at radius 3 is 2.19 bits per heavy atom. The van der Waals surface area contributed by atoms with Gasteiger partial charge in [-0.1, -0.05) is 48.0 Å². The van der Waals surface area contributed by atoms with E-state index in [1.807, 2.05) is 12.1 Å². The van der Waals surface area contributed by atoms with Crippen molar-refractivity contribution in [3.05, 3.63) is 64.7 Å². The lowest BCUT2D eigenvalue weighted by molar-refractivity contribution is -0.191. The van der Waals surface area contributed by atoms with Crippen LogP contribution in [0.1, 0.15) is 24.0 Å². The van der Waals surface area contributed by atoms with Gasteiger partial charge in [-0.3, -0.25) is 0 Å². The molecule has 2 rings (SSSR count). The average Bonchev–Trinajstić information content (AvgIpc) is 2.47. The first-order valence-electron chi connectivity index (χ1n) is 6.68. The predicted molar refractivity (Wildman–Crippen MR) is 81.2 cm³/mol. The molecule has 0 aliphatic rings. The molecule has 1 N–H and O–H groups in total. The summed E-state index contributed by atoms with van der Waals surface area (Å²) in [7, 11) is 0. The highest BCUT2D eigenvalue weighted by molar-refractivity contribution is 6.31. The van der Waals surface area contributed by atoms with E-state index in [0.29, 0.717) is 5.02 Å². The lowest BCUT2D eigenvalue weighted by atomic mass is 10.0. The van der Waals surface area contributed by atoms with Gasteiger partial charge in [0.05, 0.1) is 0 Å². The molecule has 0 aliphatic heterocycles. The zero-order valence-corrected chi connectivity index (χ0v) is 12.3. The minimum atomic E-state index is 0.230. The number of unbranched alkanes of at least 4 members (excludes halogenated alkanes) is 1. The predicted octanol–water partition coefficient (Wildman–Crippen LogP) is 4.03. The van der Waals surface area contributed by atoms with Crippen LogP contribution in [0.15, 0.2) is 48.5 Å². The molecular weight excluding hydrogens is 288 g/mol. The Bertz CT molecular complexity index is 576. The summed E-state index contributed by atoms with van der Waals surface area (Å²) in [6.45, 7) is 0. The summed E-state index contributed by atoms with van der Waals surface area (Å²) in [5.41, 5.74) is 2.50. The van der Waals surface area contributed by atoms with E-state index < -0.39 is 0 Å². The van der Waals surface area contributed by atoms with E-state index >= 15 is 0 Å². The molecule has 0 amide bonds. The monoisotopic (exact) mass is 304 g/mol. The highest BCUT2D eigenvalue weighted by Crippen LogP contribution is 2.23. The largest absolute Gasteiger partial charge is 0.508 e. The molecule has 21 heavy (non-hydrogen) atoms. The number of hydrogen-bond acceptors (Lipinski definition) is 3. The van der Waals surface area contributed by atoms with Crippen molar-refractivity contribution in [2.75, 3.05) is 0 Å². The van der Waals surface area contributed by atoms with Crippen molar-refractivity contribution in [1.29, 1.82) is 0 Å². The lowest BCUT2D eigenvalue weighted by Gasteiger charge is -2.05. The van der Waals surface area contributed by atoms with E-state index in [1.165, 1.54) is 5.56 Å². The molecule has 0 saturated carbocycles. The maximum atomic E-state index is 9.27. The van der Waals surface area contributed by atoms with Crippen LogP contribution in [-0.2, 0) is 22.4 Å². The molecule has 0 fully saturated rings. The first-order chi connectivity index (χ1) is 10.2. The minimum Gasteiger partial charge on any atom is -0.508 e. The molecule has 4 heteroatoms. The van der Waals surface area contributed by atoms with Crippen molar-refractivity contribution >= 4 is 17.8 Å². The fraction of sp³-hybridized carbons (Fsp3) is 0.235. The van der Waals surface area contributed by atoms with Gasteiger partial charge in [-0.05, 0) is 48.9 Å².